The molecule has 0 spiro atoms. The van der Waals surface area contributed by atoms with Crippen molar-refractivity contribution in [3.8, 4) is 5.75 Å². The number of rotatable bonds is 7. The van der Waals surface area contributed by atoms with Crippen LogP contribution in [0, 0.1) is 5.41 Å². The Balaban J connectivity index is 1.43. The highest BCUT2D eigenvalue weighted by molar-refractivity contribution is 5.95. The molecule has 34 heavy (non-hydrogen) atoms. The van der Waals surface area contributed by atoms with Crippen LogP contribution in [0.5, 0.6) is 5.75 Å². The number of hydrogen-bond donors (Lipinski definition) is 2. The summed E-state index contributed by atoms with van der Waals surface area (Å²) in [6.45, 7) is 4.76. The van der Waals surface area contributed by atoms with E-state index in [0.717, 1.165) is 17.1 Å². The maximum absolute atomic E-state index is 11.6. The largest absolute Gasteiger partial charge is 0.497 e. The van der Waals surface area contributed by atoms with Crippen LogP contribution in [-0.2, 0) is 0 Å². The molecular formula is C29H34N2O3. The van der Waals surface area contributed by atoms with Crippen LogP contribution < -0.4 is 15.0 Å². The molecule has 5 nitrogen and oxygen atoms in total. The Hall–Kier alpha value is -3.47. The second kappa shape index (κ2) is 9.80. The van der Waals surface area contributed by atoms with Crippen LogP contribution in [-0.4, -0.2) is 25.2 Å². The van der Waals surface area contributed by atoms with E-state index in [-0.39, 0.29) is 5.56 Å². The van der Waals surface area contributed by atoms with Crippen molar-refractivity contribution in [2.45, 2.75) is 45.4 Å². The Morgan fingerprint density at radius 2 is 1.56 bits per heavy atom. The molecule has 0 saturated heterocycles. The molecule has 1 fully saturated rings. The minimum absolute atomic E-state index is 0.169. The lowest BCUT2D eigenvalue weighted by Crippen LogP contribution is -2.20. The summed E-state index contributed by atoms with van der Waals surface area (Å²) in [4.78, 5) is 13.8. The number of anilines is 4. The number of carbonyl (C=O) groups is 1. The first-order chi connectivity index (χ1) is 16.3. The molecule has 0 heterocycles. The summed E-state index contributed by atoms with van der Waals surface area (Å²) in [5.74, 6) is 0.183. The molecule has 0 radical (unpaired) electrons. The topological polar surface area (TPSA) is 61.8 Å². The Morgan fingerprint density at radius 3 is 2.12 bits per heavy atom. The molecule has 0 unspecified atom stereocenters. The molecule has 4 rings (SSSR count). The van der Waals surface area contributed by atoms with Crippen molar-refractivity contribution in [3.63, 3.8) is 0 Å². The van der Waals surface area contributed by atoms with E-state index in [4.69, 9.17) is 4.74 Å². The molecule has 3 aromatic carbocycles. The third-order valence-corrected chi connectivity index (χ3v) is 7.08. The molecule has 178 valence electrons. The van der Waals surface area contributed by atoms with E-state index in [1.807, 2.05) is 24.3 Å². The van der Waals surface area contributed by atoms with Gasteiger partial charge in [-0.15, -0.1) is 0 Å². The van der Waals surface area contributed by atoms with Gasteiger partial charge in [0.05, 0.1) is 18.4 Å². The SMILES string of the molecule is COc1ccc(Nc2ccc(N(C)c3ccc(C4CCC(C)(C)CC4)cc3)cc2)c(C(=O)O)c1. The molecule has 1 aliphatic carbocycles. The number of methoxy groups -OCH3 is 1. The van der Waals surface area contributed by atoms with Gasteiger partial charge in [0, 0.05) is 24.1 Å². The van der Waals surface area contributed by atoms with Crippen molar-refractivity contribution in [1.29, 1.82) is 0 Å². The molecule has 1 saturated carbocycles. The summed E-state index contributed by atoms with van der Waals surface area (Å²) in [6.07, 6.45) is 5.14. The fraction of sp³-hybridized carbons (Fsp3) is 0.345. The smallest absolute Gasteiger partial charge is 0.337 e. The van der Waals surface area contributed by atoms with Crippen LogP contribution in [0.4, 0.5) is 22.7 Å². The second-order valence-electron chi connectivity index (χ2n) is 9.98. The van der Waals surface area contributed by atoms with Gasteiger partial charge >= 0.3 is 5.97 Å². The minimum Gasteiger partial charge on any atom is -0.497 e. The monoisotopic (exact) mass is 458 g/mol. The standard InChI is InChI=1S/C29H34N2O3/c1-29(2)17-15-21(16-18-29)20-5-9-23(10-6-20)31(3)24-11-7-22(8-12-24)30-27-14-13-25(34-4)19-26(27)28(32)33/h5-14,19,21,30H,15-18H2,1-4H3,(H,32,33). The van der Waals surface area contributed by atoms with Gasteiger partial charge in [-0.1, -0.05) is 26.0 Å². The molecule has 0 aliphatic heterocycles. The van der Waals surface area contributed by atoms with Gasteiger partial charge in [0.2, 0.25) is 0 Å². The first-order valence-electron chi connectivity index (χ1n) is 11.9. The number of aromatic carboxylic acids is 1. The lowest BCUT2D eigenvalue weighted by Gasteiger charge is -2.34. The van der Waals surface area contributed by atoms with Gasteiger partial charge in [0.25, 0.3) is 0 Å². The zero-order valence-electron chi connectivity index (χ0n) is 20.5. The summed E-state index contributed by atoms with van der Waals surface area (Å²) >= 11 is 0. The lowest BCUT2D eigenvalue weighted by molar-refractivity contribution is 0.0697. The predicted octanol–water partition coefficient (Wildman–Crippen LogP) is 7.59. The summed E-state index contributed by atoms with van der Waals surface area (Å²) in [6, 6.07) is 21.9. The molecule has 3 aromatic rings. The van der Waals surface area contributed by atoms with Crippen LogP contribution in [0.15, 0.2) is 66.7 Å². The number of hydrogen-bond acceptors (Lipinski definition) is 4. The normalized spacial score (nSPS) is 15.5. The number of nitrogens with one attached hydrogen (secondary N) is 1. The average molecular weight is 459 g/mol. The second-order valence-corrected chi connectivity index (χ2v) is 9.98. The summed E-state index contributed by atoms with van der Waals surface area (Å²) in [5, 5.41) is 12.7. The van der Waals surface area contributed by atoms with Gasteiger partial charge in [0.1, 0.15) is 5.75 Å². The van der Waals surface area contributed by atoms with Gasteiger partial charge in [-0.2, -0.15) is 0 Å². The fourth-order valence-corrected chi connectivity index (χ4v) is 4.71. The third-order valence-electron chi connectivity index (χ3n) is 7.08. The number of carboxylic acid groups (broad SMARTS) is 1. The van der Waals surface area contributed by atoms with Crippen LogP contribution in [0.1, 0.15) is 61.4 Å². The quantitative estimate of drug-likeness (QED) is 0.382. The van der Waals surface area contributed by atoms with Crippen LogP contribution in [0.2, 0.25) is 0 Å². The fourth-order valence-electron chi connectivity index (χ4n) is 4.71. The van der Waals surface area contributed by atoms with Gasteiger partial charge in [-0.3, -0.25) is 0 Å². The molecule has 0 aromatic heterocycles. The Morgan fingerprint density at radius 1 is 0.971 bits per heavy atom. The summed E-state index contributed by atoms with van der Waals surface area (Å²) in [7, 11) is 3.58. The van der Waals surface area contributed by atoms with Gasteiger partial charge < -0.3 is 20.1 Å². The number of benzene rings is 3. The maximum atomic E-state index is 11.6. The van der Waals surface area contributed by atoms with Crippen molar-refractivity contribution in [3.05, 3.63) is 77.9 Å². The van der Waals surface area contributed by atoms with E-state index in [9.17, 15) is 9.90 Å². The Kier molecular flexibility index (Phi) is 6.82. The lowest BCUT2D eigenvalue weighted by atomic mass is 9.71. The van der Waals surface area contributed by atoms with Gasteiger partial charge in [0.15, 0.2) is 0 Å². The van der Waals surface area contributed by atoms with Crippen LogP contribution >= 0.6 is 0 Å². The molecule has 0 atom stereocenters. The highest BCUT2D eigenvalue weighted by Crippen LogP contribution is 2.42. The van der Waals surface area contributed by atoms with E-state index in [1.54, 1.807) is 12.1 Å². The first-order valence-corrected chi connectivity index (χ1v) is 11.9. The highest BCUT2D eigenvalue weighted by atomic mass is 16.5. The molecule has 0 amide bonds. The molecule has 0 bridgehead atoms. The Labute approximate surface area is 202 Å². The maximum Gasteiger partial charge on any atom is 0.337 e. The van der Waals surface area contributed by atoms with Crippen molar-refractivity contribution < 1.29 is 14.6 Å². The van der Waals surface area contributed by atoms with Gasteiger partial charge in [-0.25, -0.2) is 4.79 Å². The first kappa shape index (κ1) is 23.7. The molecule has 1 aliphatic rings. The van der Waals surface area contributed by atoms with E-state index in [2.05, 4.69) is 55.4 Å². The van der Waals surface area contributed by atoms with Crippen LogP contribution in [0.25, 0.3) is 0 Å². The van der Waals surface area contributed by atoms with Crippen molar-refractivity contribution in [2.75, 3.05) is 24.4 Å². The summed E-state index contributed by atoms with van der Waals surface area (Å²) < 4.78 is 5.15. The van der Waals surface area contributed by atoms with E-state index in [0.29, 0.717) is 22.8 Å². The molecule has 5 heteroatoms. The van der Waals surface area contributed by atoms with Crippen molar-refractivity contribution >= 4 is 28.7 Å². The number of nitrogens with zero attached hydrogens (tertiary/aromatic N) is 1. The summed E-state index contributed by atoms with van der Waals surface area (Å²) in [5.41, 5.74) is 5.65. The highest BCUT2D eigenvalue weighted by Gasteiger charge is 2.27. The van der Waals surface area contributed by atoms with Gasteiger partial charge in [-0.05, 0) is 97.2 Å². The van der Waals surface area contributed by atoms with Crippen molar-refractivity contribution in [1.82, 2.24) is 0 Å². The van der Waals surface area contributed by atoms with E-state index >= 15 is 0 Å². The van der Waals surface area contributed by atoms with E-state index < -0.39 is 5.97 Å². The molecule has 2 N–H and O–H groups in total. The zero-order valence-corrected chi connectivity index (χ0v) is 20.5. The number of ether oxygens (including phenoxy) is 1. The van der Waals surface area contributed by atoms with Crippen molar-refractivity contribution in [2.24, 2.45) is 5.41 Å². The minimum atomic E-state index is -1.00. The molecular weight excluding hydrogens is 424 g/mol. The average Bonchev–Trinajstić information content (AvgIpc) is 2.84. The predicted molar refractivity (Wildman–Crippen MR) is 139 cm³/mol. The zero-order chi connectivity index (χ0) is 24.3. The van der Waals surface area contributed by atoms with E-state index in [1.165, 1.54) is 44.4 Å². The van der Waals surface area contributed by atoms with Crippen LogP contribution in [0.3, 0.4) is 0 Å². The Bertz CT molecular complexity index is 1130. The third kappa shape index (κ3) is 5.36. The number of carboxylic acids is 1.